The number of hydrogen-bond acceptors (Lipinski definition) is 3. The molecule has 2 heterocycles. The summed E-state index contributed by atoms with van der Waals surface area (Å²) in [4.78, 5) is 12.5. The zero-order valence-corrected chi connectivity index (χ0v) is 13.7. The molecule has 1 N–H and O–H groups in total. The first-order chi connectivity index (χ1) is 11.7. The van der Waals surface area contributed by atoms with Crippen molar-refractivity contribution in [2.45, 2.75) is 33.1 Å². The molecule has 24 heavy (non-hydrogen) atoms. The van der Waals surface area contributed by atoms with E-state index in [-0.39, 0.29) is 11.7 Å². The lowest BCUT2D eigenvalue weighted by atomic mass is 10.1. The first kappa shape index (κ1) is 16.1. The second kappa shape index (κ2) is 6.78. The highest BCUT2D eigenvalue weighted by Gasteiger charge is 2.21. The zero-order valence-electron chi connectivity index (χ0n) is 13.7. The van der Waals surface area contributed by atoms with Gasteiger partial charge in [0.1, 0.15) is 12.1 Å². The van der Waals surface area contributed by atoms with Crippen LogP contribution in [-0.2, 0) is 12.8 Å². The Morgan fingerprint density at radius 3 is 2.71 bits per heavy atom. The Labute approximate surface area is 139 Å². The fourth-order valence-corrected chi connectivity index (χ4v) is 2.94. The first-order valence-electron chi connectivity index (χ1n) is 8.14. The molecule has 2 aromatic heterocycles. The molecule has 3 aromatic rings. The number of nitrogens with zero attached hydrogens (tertiary/aromatic N) is 3. The maximum atomic E-state index is 12.9. The van der Waals surface area contributed by atoms with Gasteiger partial charge in [-0.05, 0) is 55.2 Å². The first-order valence-corrected chi connectivity index (χ1v) is 8.14. The van der Waals surface area contributed by atoms with Crippen molar-refractivity contribution in [2.75, 3.05) is 5.32 Å². The summed E-state index contributed by atoms with van der Waals surface area (Å²) in [6, 6.07) is 7.57. The van der Waals surface area contributed by atoms with Crippen molar-refractivity contribution >= 4 is 17.2 Å². The number of carbonyl (C=O) groups excluding carboxylic acids is 1. The molecule has 6 heteroatoms. The maximum absolute atomic E-state index is 12.9. The molecule has 1 aliphatic rings. The fourth-order valence-electron chi connectivity index (χ4n) is 2.94. The van der Waals surface area contributed by atoms with Crippen molar-refractivity contribution in [3.63, 3.8) is 0 Å². The van der Waals surface area contributed by atoms with Crippen molar-refractivity contribution in [3.05, 3.63) is 59.3 Å². The van der Waals surface area contributed by atoms with E-state index in [1.165, 1.54) is 30.0 Å². The number of nitrogens with one attached hydrogen (secondary N) is 1. The summed E-state index contributed by atoms with van der Waals surface area (Å²) in [6.45, 7) is 4.00. The van der Waals surface area contributed by atoms with E-state index in [2.05, 4.69) is 15.5 Å². The quantitative estimate of drug-likeness (QED) is 0.782. The Bertz CT molecular complexity index is 871. The van der Waals surface area contributed by atoms with Crippen molar-refractivity contribution in [1.29, 1.82) is 0 Å². The van der Waals surface area contributed by atoms with E-state index in [1.807, 2.05) is 24.3 Å². The van der Waals surface area contributed by atoms with Crippen LogP contribution in [0.15, 0.2) is 36.7 Å². The third-order valence-corrected chi connectivity index (χ3v) is 3.98. The van der Waals surface area contributed by atoms with Gasteiger partial charge in [0, 0.05) is 11.4 Å². The van der Waals surface area contributed by atoms with Gasteiger partial charge in [-0.15, -0.1) is 10.2 Å². The summed E-state index contributed by atoms with van der Waals surface area (Å²) in [7, 11) is 0. The van der Waals surface area contributed by atoms with E-state index < -0.39 is 0 Å². The summed E-state index contributed by atoms with van der Waals surface area (Å²) < 4.78 is 14.8. The number of aryl methyl sites for hydroxylation is 2. The van der Waals surface area contributed by atoms with Gasteiger partial charge in [0.05, 0.1) is 5.56 Å². The number of pyridine rings is 1. The minimum absolute atomic E-state index is 0.265. The normalized spacial score (nSPS) is 12.5. The van der Waals surface area contributed by atoms with Crippen LogP contribution in [-0.4, -0.2) is 20.5 Å². The summed E-state index contributed by atoms with van der Waals surface area (Å²) >= 11 is 0. The molecule has 0 radical (unpaired) electrons. The lowest BCUT2D eigenvalue weighted by Gasteiger charge is -2.09. The Kier molecular flexibility index (Phi) is 4.55. The molecule has 0 aliphatic heterocycles. The number of amides is 1. The maximum Gasteiger partial charge on any atom is 0.259 e. The molecule has 0 unspecified atom stereocenters. The number of halogens is 1. The van der Waals surface area contributed by atoms with Gasteiger partial charge in [-0.1, -0.05) is 13.8 Å². The number of hydrogen-bond donors (Lipinski definition) is 1. The van der Waals surface area contributed by atoms with Crippen LogP contribution in [0.3, 0.4) is 0 Å². The Morgan fingerprint density at radius 2 is 1.96 bits per heavy atom. The van der Waals surface area contributed by atoms with Crippen LogP contribution in [0.25, 0.3) is 5.65 Å². The average Bonchev–Trinajstić information content (AvgIpc) is 3.26. The van der Waals surface area contributed by atoms with E-state index >= 15 is 0 Å². The topological polar surface area (TPSA) is 59.3 Å². The predicted octanol–water partition coefficient (Wildman–Crippen LogP) is 3.64. The standard InChI is InChI=1S/C16H13FN4O.C2H6/c17-11-4-6-12(7-5-11)19-16(22)13-8-10-2-1-3-14(10)21-9-18-20-15(13)21;1-2/h4-9H,1-3H2,(H,19,22);1-2H3. The molecule has 1 aromatic carbocycles. The van der Waals surface area contributed by atoms with Crippen LogP contribution in [0, 0.1) is 5.82 Å². The van der Waals surface area contributed by atoms with Crippen molar-refractivity contribution in [2.24, 2.45) is 0 Å². The van der Waals surface area contributed by atoms with Crippen LogP contribution in [0.4, 0.5) is 10.1 Å². The lowest BCUT2D eigenvalue weighted by molar-refractivity contribution is 0.102. The van der Waals surface area contributed by atoms with E-state index in [9.17, 15) is 9.18 Å². The second-order valence-corrected chi connectivity index (χ2v) is 5.37. The highest BCUT2D eigenvalue weighted by Crippen LogP contribution is 2.25. The summed E-state index contributed by atoms with van der Waals surface area (Å²) in [5, 5.41) is 10.8. The van der Waals surface area contributed by atoms with Crippen molar-refractivity contribution in [3.8, 4) is 0 Å². The van der Waals surface area contributed by atoms with Crippen LogP contribution in [0.2, 0.25) is 0 Å². The van der Waals surface area contributed by atoms with Crippen molar-refractivity contribution < 1.29 is 9.18 Å². The number of rotatable bonds is 2. The van der Waals surface area contributed by atoms with Crippen LogP contribution >= 0.6 is 0 Å². The molecule has 0 spiro atoms. The summed E-state index contributed by atoms with van der Waals surface area (Å²) in [6.07, 6.45) is 4.66. The average molecular weight is 326 g/mol. The van der Waals surface area contributed by atoms with Gasteiger partial charge in [0.25, 0.3) is 5.91 Å². The highest BCUT2D eigenvalue weighted by molar-refractivity contribution is 6.08. The molecule has 4 rings (SSSR count). The molecule has 1 aliphatic carbocycles. The molecular formula is C18H19FN4O. The third kappa shape index (κ3) is 2.87. The number of benzene rings is 1. The SMILES string of the molecule is CC.O=C(Nc1ccc(F)cc1)c1cc2c(n3cnnc13)CCC2. The van der Waals surface area contributed by atoms with E-state index in [0.29, 0.717) is 16.9 Å². The van der Waals surface area contributed by atoms with Gasteiger partial charge in [-0.25, -0.2) is 4.39 Å². The summed E-state index contributed by atoms with van der Waals surface area (Å²) in [5.74, 6) is -0.602. The zero-order chi connectivity index (χ0) is 17.1. The second-order valence-electron chi connectivity index (χ2n) is 5.37. The molecular weight excluding hydrogens is 307 g/mol. The molecule has 1 amide bonds. The molecule has 0 saturated carbocycles. The van der Waals surface area contributed by atoms with Crippen molar-refractivity contribution in [1.82, 2.24) is 14.6 Å². The Hall–Kier alpha value is -2.76. The molecule has 0 atom stereocenters. The minimum Gasteiger partial charge on any atom is -0.322 e. The van der Waals surface area contributed by atoms with E-state index in [4.69, 9.17) is 0 Å². The number of anilines is 1. The van der Waals surface area contributed by atoms with Gasteiger partial charge in [-0.2, -0.15) is 0 Å². The van der Waals surface area contributed by atoms with Crippen LogP contribution in [0.5, 0.6) is 0 Å². The number of carbonyl (C=O) groups is 1. The smallest absolute Gasteiger partial charge is 0.259 e. The molecule has 0 bridgehead atoms. The monoisotopic (exact) mass is 326 g/mol. The Morgan fingerprint density at radius 1 is 1.21 bits per heavy atom. The van der Waals surface area contributed by atoms with E-state index in [1.54, 1.807) is 6.33 Å². The molecule has 0 fully saturated rings. The highest BCUT2D eigenvalue weighted by atomic mass is 19.1. The van der Waals surface area contributed by atoms with Gasteiger partial charge in [0.15, 0.2) is 5.65 Å². The van der Waals surface area contributed by atoms with Gasteiger partial charge in [-0.3, -0.25) is 9.20 Å². The Balaban J connectivity index is 0.000000815. The van der Waals surface area contributed by atoms with Gasteiger partial charge >= 0.3 is 0 Å². The number of fused-ring (bicyclic) bond motifs is 3. The summed E-state index contributed by atoms with van der Waals surface area (Å²) in [5.41, 5.74) is 3.93. The molecule has 0 saturated heterocycles. The molecule has 124 valence electrons. The fraction of sp³-hybridized carbons (Fsp3) is 0.278. The number of aromatic nitrogens is 3. The predicted molar refractivity (Wildman–Crippen MR) is 90.7 cm³/mol. The molecule has 5 nitrogen and oxygen atoms in total. The van der Waals surface area contributed by atoms with Crippen LogP contribution < -0.4 is 5.32 Å². The van der Waals surface area contributed by atoms with E-state index in [0.717, 1.165) is 24.8 Å². The van der Waals surface area contributed by atoms with Gasteiger partial charge < -0.3 is 5.32 Å². The van der Waals surface area contributed by atoms with Gasteiger partial charge in [0.2, 0.25) is 0 Å². The lowest BCUT2D eigenvalue weighted by Crippen LogP contribution is -2.14. The van der Waals surface area contributed by atoms with Crippen LogP contribution in [0.1, 0.15) is 41.9 Å². The third-order valence-electron chi connectivity index (χ3n) is 3.98. The minimum atomic E-state index is -0.338. The largest absolute Gasteiger partial charge is 0.322 e.